The van der Waals surface area contributed by atoms with Crippen molar-refractivity contribution in [3.63, 3.8) is 0 Å². The number of hydrogen-bond donors (Lipinski definition) is 0. The maximum Gasteiger partial charge on any atom is 0.338 e. The van der Waals surface area contributed by atoms with Gasteiger partial charge in [0.25, 0.3) is 0 Å². The number of carbonyl (C=O) groups is 2. The number of hydrogen-bond acceptors (Lipinski definition) is 6. The van der Waals surface area contributed by atoms with Gasteiger partial charge in [-0.05, 0) is 18.9 Å². The van der Waals surface area contributed by atoms with E-state index in [2.05, 4.69) is 4.99 Å². The molecule has 3 rings (SSSR count). The summed E-state index contributed by atoms with van der Waals surface area (Å²) in [6.07, 6.45) is 4.14. The SMILES string of the molecule is COc1ccccc1/C=C/[C@@H]1C(C(=O)OCC(C)C)=C(C)N=C2SCCC(=O)N21. The largest absolute Gasteiger partial charge is 0.496 e. The van der Waals surface area contributed by atoms with Crippen LogP contribution in [0.3, 0.4) is 0 Å². The molecular weight excluding hydrogens is 388 g/mol. The molecule has 1 fully saturated rings. The van der Waals surface area contributed by atoms with Crippen LogP contribution in [0, 0.1) is 5.92 Å². The van der Waals surface area contributed by atoms with Gasteiger partial charge in [0.15, 0.2) is 5.17 Å². The Balaban J connectivity index is 2.00. The fourth-order valence-electron chi connectivity index (χ4n) is 3.20. The van der Waals surface area contributed by atoms with Crippen molar-refractivity contribution in [3.8, 4) is 5.75 Å². The maximum absolute atomic E-state index is 12.9. The van der Waals surface area contributed by atoms with Crippen molar-refractivity contribution in [1.29, 1.82) is 0 Å². The first kappa shape index (κ1) is 21.2. The summed E-state index contributed by atoms with van der Waals surface area (Å²) in [5, 5.41) is 0.633. The minimum atomic E-state index is -0.563. The molecule has 0 N–H and O–H groups in total. The number of aliphatic imine (C=N–C) groups is 1. The standard InChI is InChI=1S/C22H26N2O4S/c1-14(2)13-28-21(26)20-15(3)23-22-24(19(25)11-12-29-22)17(20)10-9-16-7-5-6-8-18(16)27-4/h5-10,14,17H,11-13H2,1-4H3/b10-9+/t17-/m1/s1. The third kappa shape index (κ3) is 4.72. The van der Waals surface area contributed by atoms with Crippen LogP contribution in [-0.4, -0.2) is 47.5 Å². The van der Waals surface area contributed by atoms with E-state index in [0.29, 0.717) is 35.2 Å². The molecule has 1 amide bonds. The van der Waals surface area contributed by atoms with Gasteiger partial charge >= 0.3 is 5.97 Å². The molecule has 1 aromatic carbocycles. The van der Waals surface area contributed by atoms with Crippen LogP contribution in [-0.2, 0) is 14.3 Å². The summed E-state index contributed by atoms with van der Waals surface area (Å²) in [6.45, 7) is 6.07. The molecule has 1 aromatic rings. The number of amidine groups is 1. The van der Waals surface area contributed by atoms with E-state index >= 15 is 0 Å². The van der Waals surface area contributed by atoms with E-state index in [4.69, 9.17) is 9.47 Å². The molecular formula is C22H26N2O4S. The van der Waals surface area contributed by atoms with Crippen LogP contribution in [0.25, 0.3) is 6.08 Å². The van der Waals surface area contributed by atoms with Crippen LogP contribution >= 0.6 is 11.8 Å². The predicted octanol–water partition coefficient (Wildman–Crippen LogP) is 3.89. The number of rotatable bonds is 6. The molecule has 0 radical (unpaired) electrons. The lowest BCUT2D eigenvalue weighted by molar-refractivity contribution is -0.140. The van der Waals surface area contributed by atoms with Crippen molar-refractivity contribution < 1.29 is 19.1 Å². The van der Waals surface area contributed by atoms with Gasteiger partial charge in [-0.15, -0.1) is 0 Å². The molecule has 0 saturated carbocycles. The fourth-order valence-corrected chi connectivity index (χ4v) is 4.22. The smallest absolute Gasteiger partial charge is 0.338 e. The minimum absolute atomic E-state index is 0.0427. The van der Waals surface area contributed by atoms with E-state index in [9.17, 15) is 9.59 Å². The summed E-state index contributed by atoms with van der Waals surface area (Å²) in [5.74, 6) is 1.16. The van der Waals surface area contributed by atoms with Crippen LogP contribution in [0.1, 0.15) is 32.8 Å². The number of thioether (sulfide) groups is 1. The van der Waals surface area contributed by atoms with Crippen LogP contribution in [0.5, 0.6) is 5.75 Å². The fraction of sp³-hybridized carbons (Fsp3) is 0.409. The number of fused-ring (bicyclic) bond motifs is 1. The van der Waals surface area contributed by atoms with Gasteiger partial charge in [-0.25, -0.2) is 9.79 Å². The minimum Gasteiger partial charge on any atom is -0.496 e. The van der Waals surface area contributed by atoms with Crippen molar-refractivity contribution >= 4 is 34.9 Å². The van der Waals surface area contributed by atoms with Gasteiger partial charge in [0.2, 0.25) is 5.91 Å². The summed E-state index contributed by atoms with van der Waals surface area (Å²) in [6, 6.07) is 7.04. The monoisotopic (exact) mass is 414 g/mol. The van der Waals surface area contributed by atoms with Gasteiger partial charge in [-0.2, -0.15) is 0 Å². The van der Waals surface area contributed by atoms with E-state index in [1.165, 1.54) is 11.8 Å². The van der Waals surface area contributed by atoms with Gasteiger partial charge in [-0.1, -0.05) is 56.0 Å². The number of amides is 1. The van der Waals surface area contributed by atoms with Gasteiger partial charge in [0, 0.05) is 17.7 Å². The van der Waals surface area contributed by atoms with E-state index in [-0.39, 0.29) is 11.8 Å². The van der Waals surface area contributed by atoms with Crippen molar-refractivity contribution in [1.82, 2.24) is 4.90 Å². The molecule has 2 aliphatic heterocycles. The summed E-state index contributed by atoms with van der Waals surface area (Å²) >= 11 is 1.53. The number of ether oxygens (including phenoxy) is 2. The first-order valence-electron chi connectivity index (χ1n) is 9.65. The summed E-state index contributed by atoms with van der Waals surface area (Å²) in [7, 11) is 1.61. The molecule has 154 valence electrons. The van der Waals surface area contributed by atoms with Crippen molar-refractivity contribution in [2.24, 2.45) is 10.9 Å². The zero-order valence-electron chi connectivity index (χ0n) is 17.2. The first-order valence-corrected chi connectivity index (χ1v) is 10.6. The third-order valence-electron chi connectivity index (χ3n) is 4.61. The highest BCUT2D eigenvalue weighted by molar-refractivity contribution is 8.14. The van der Waals surface area contributed by atoms with Crippen LogP contribution < -0.4 is 4.74 Å². The number of nitrogens with zero attached hydrogens (tertiary/aromatic N) is 2. The van der Waals surface area contributed by atoms with E-state index in [1.54, 1.807) is 18.9 Å². The highest BCUT2D eigenvalue weighted by atomic mass is 32.2. The molecule has 1 saturated heterocycles. The average Bonchev–Trinajstić information content (AvgIpc) is 2.70. The first-order chi connectivity index (χ1) is 13.9. The lowest BCUT2D eigenvalue weighted by Gasteiger charge is -2.37. The van der Waals surface area contributed by atoms with Crippen molar-refractivity contribution in [2.45, 2.75) is 33.2 Å². The van der Waals surface area contributed by atoms with Crippen LogP contribution in [0.2, 0.25) is 0 Å². The van der Waals surface area contributed by atoms with Crippen LogP contribution in [0.15, 0.2) is 46.6 Å². The number of allylic oxidation sites excluding steroid dienone is 1. The van der Waals surface area contributed by atoms with Crippen LogP contribution in [0.4, 0.5) is 0 Å². The molecule has 7 heteroatoms. The number of para-hydroxylation sites is 1. The van der Waals surface area contributed by atoms with Crippen molar-refractivity contribution in [3.05, 3.63) is 47.2 Å². The molecule has 2 aliphatic rings. The Kier molecular flexibility index (Phi) is 6.79. The van der Waals surface area contributed by atoms with E-state index < -0.39 is 12.0 Å². The topological polar surface area (TPSA) is 68.2 Å². The number of esters is 1. The second-order valence-corrected chi connectivity index (χ2v) is 8.36. The third-order valence-corrected chi connectivity index (χ3v) is 5.57. The summed E-state index contributed by atoms with van der Waals surface area (Å²) in [4.78, 5) is 31.7. The van der Waals surface area contributed by atoms with Gasteiger partial charge in [-0.3, -0.25) is 9.69 Å². The summed E-state index contributed by atoms with van der Waals surface area (Å²) < 4.78 is 10.9. The molecule has 2 heterocycles. The Morgan fingerprint density at radius 3 is 2.86 bits per heavy atom. The van der Waals surface area contributed by atoms with Gasteiger partial charge < -0.3 is 9.47 Å². The molecule has 6 nitrogen and oxygen atoms in total. The Morgan fingerprint density at radius 2 is 2.14 bits per heavy atom. The van der Waals surface area contributed by atoms with Gasteiger partial charge in [0.1, 0.15) is 5.75 Å². The highest BCUT2D eigenvalue weighted by Gasteiger charge is 2.39. The van der Waals surface area contributed by atoms with E-state index in [0.717, 1.165) is 11.3 Å². The molecule has 0 aliphatic carbocycles. The number of carbonyl (C=O) groups excluding carboxylic acids is 2. The average molecular weight is 415 g/mol. The molecule has 0 unspecified atom stereocenters. The zero-order chi connectivity index (χ0) is 21.0. The maximum atomic E-state index is 12.9. The van der Waals surface area contributed by atoms with Crippen molar-refractivity contribution in [2.75, 3.05) is 19.5 Å². The van der Waals surface area contributed by atoms with Gasteiger partial charge in [0.05, 0.1) is 31.0 Å². The molecule has 29 heavy (non-hydrogen) atoms. The number of methoxy groups -OCH3 is 1. The Labute approximate surface area is 175 Å². The Bertz CT molecular complexity index is 889. The Morgan fingerprint density at radius 1 is 1.38 bits per heavy atom. The zero-order valence-corrected chi connectivity index (χ0v) is 18.0. The normalized spacial score (nSPS) is 19.5. The van der Waals surface area contributed by atoms with E-state index in [1.807, 2.05) is 50.3 Å². The lowest BCUT2D eigenvalue weighted by Crippen LogP contribution is -2.49. The lowest BCUT2D eigenvalue weighted by atomic mass is 10.00. The molecule has 0 aromatic heterocycles. The quantitative estimate of drug-likeness (QED) is 0.661. The molecule has 0 spiro atoms. The predicted molar refractivity (Wildman–Crippen MR) is 116 cm³/mol. The highest BCUT2D eigenvalue weighted by Crippen LogP contribution is 2.33. The second kappa shape index (κ2) is 9.31. The summed E-state index contributed by atoms with van der Waals surface area (Å²) in [5.41, 5.74) is 1.85. The molecule has 1 atom stereocenters. The molecule has 0 bridgehead atoms. The number of benzene rings is 1. The Hall–Kier alpha value is -2.54. The second-order valence-electron chi connectivity index (χ2n) is 7.29.